The third-order valence-corrected chi connectivity index (χ3v) is 4.96. The van der Waals surface area contributed by atoms with Crippen LogP contribution in [0.15, 0.2) is 42.5 Å². The fraction of sp³-hybridized carbons (Fsp3) is 0.381. The molecule has 0 aromatic heterocycles. The van der Waals surface area contributed by atoms with Gasteiger partial charge in [0, 0.05) is 37.0 Å². The Morgan fingerprint density at radius 3 is 2.19 bits per heavy atom. The summed E-state index contributed by atoms with van der Waals surface area (Å²) in [7, 11) is 4.87. The van der Waals surface area contributed by atoms with Gasteiger partial charge >= 0.3 is 6.03 Å². The fourth-order valence-electron chi connectivity index (χ4n) is 3.48. The maximum atomic E-state index is 12.6. The molecule has 1 aliphatic rings. The zero-order valence-electron chi connectivity index (χ0n) is 16.0. The summed E-state index contributed by atoms with van der Waals surface area (Å²) in [5.74, 6) is 2.60. The summed E-state index contributed by atoms with van der Waals surface area (Å²) in [6, 6.07) is 13.3. The van der Waals surface area contributed by atoms with Crippen LogP contribution in [-0.2, 0) is 0 Å². The molecule has 3 rings (SSSR count). The molecule has 2 amide bonds. The third-order valence-electron chi connectivity index (χ3n) is 4.96. The van der Waals surface area contributed by atoms with Crippen LogP contribution in [0.25, 0.3) is 0 Å². The molecule has 0 aliphatic carbocycles. The molecule has 1 heterocycles. The number of benzene rings is 2. The Labute approximate surface area is 160 Å². The highest BCUT2D eigenvalue weighted by atomic mass is 16.5. The second-order valence-corrected chi connectivity index (χ2v) is 6.53. The highest BCUT2D eigenvalue weighted by molar-refractivity contribution is 5.90. The number of carbonyl (C=O) groups excluding carboxylic acids is 1. The number of para-hydroxylation sites is 1. The molecule has 2 aromatic carbocycles. The molecule has 0 unspecified atom stereocenters. The molecule has 1 saturated heterocycles. The summed E-state index contributed by atoms with van der Waals surface area (Å²) in [4.78, 5) is 14.5. The first-order valence-electron chi connectivity index (χ1n) is 9.06. The third kappa shape index (κ3) is 4.45. The highest BCUT2D eigenvalue weighted by Gasteiger charge is 2.25. The lowest BCUT2D eigenvalue weighted by Gasteiger charge is -2.32. The summed E-state index contributed by atoms with van der Waals surface area (Å²) >= 11 is 0. The topological polar surface area (TPSA) is 60.0 Å². The van der Waals surface area contributed by atoms with Crippen LogP contribution in [0.5, 0.6) is 17.2 Å². The molecule has 1 N–H and O–H groups in total. The lowest BCUT2D eigenvalue weighted by molar-refractivity contribution is 0.194. The zero-order valence-corrected chi connectivity index (χ0v) is 16.0. The predicted octanol–water partition coefficient (Wildman–Crippen LogP) is 4.12. The van der Waals surface area contributed by atoms with Gasteiger partial charge in [-0.2, -0.15) is 0 Å². The lowest BCUT2D eigenvalue weighted by atomic mass is 9.89. The SMILES string of the molecule is COc1cc(NC(=O)N2CCC(c3ccccc3OC)CC2)cc(OC)c1. The number of anilines is 1. The minimum atomic E-state index is -0.108. The maximum absolute atomic E-state index is 12.6. The van der Waals surface area contributed by atoms with E-state index in [1.54, 1.807) is 39.5 Å². The zero-order chi connectivity index (χ0) is 19.2. The van der Waals surface area contributed by atoms with E-state index in [4.69, 9.17) is 14.2 Å². The van der Waals surface area contributed by atoms with Crippen LogP contribution in [0.4, 0.5) is 10.5 Å². The number of methoxy groups -OCH3 is 3. The average Bonchev–Trinajstić information content (AvgIpc) is 2.73. The average molecular weight is 370 g/mol. The number of piperidine rings is 1. The van der Waals surface area contributed by atoms with Crippen molar-refractivity contribution in [3.05, 3.63) is 48.0 Å². The van der Waals surface area contributed by atoms with E-state index in [9.17, 15) is 4.79 Å². The summed E-state index contributed by atoms with van der Waals surface area (Å²) in [5, 5.41) is 2.94. The Hall–Kier alpha value is -2.89. The van der Waals surface area contributed by atoms with Crippen LogP contribution in [-0.4, -0.2) is 45.3 Å². The Bertz CT molecular complexity index is 763. The van der Waals surface area contributed by atoms with Crippen molar-refractivity contribution in [1.29, 1.82) is 0 Å². The number of nitrogens with zero attached hydrogens (tertiary/aromatic N) is 1. The number of hydrogen-bond donors (Lipinski definition) is 1. The van der Waals surface area contributed by atoms with Gasteiger partial charge in [-0.15, -0.1) is 0 Å². The Kier molecular flexibility index (Phi) is 6.06. The fourth-order valence-corrected chi connectivity index (χ4v) is 3.48. The van der Waals surface area contributed by atoms with Gasteiger partial charge in [0.05, 0.1) is 21.3 Å². The van der Waals surface area contributed by atoms with Crippen molar-refractivity contribution in [2.45, 2.75) is 18.8 Å². The predicted molar refractivity (Wildman–Crippen MR) is 105 cm³/mol. The smallest absolute Gasteiger partial charge is 0.321 e. The van der Waals surface area contributed by atoms with Crippen molar-refractivity contribution in [1.82, 2.24) is 4.90 Å². The summed E-state index contributed by atoms with van der Waals surface area (Å²) < 4.78 is 16.0. The van der Waals surface area contributed by atoms with Crippen LogP contribution in [0.1, 0.15) is 24.3 Å². The highest BCUT2D eigenvalue weighted by Crippen LogP contribution is 2.34. The summed E-state index contributed by atoms with van der Waals surface area (Å²) in [6.07, 6.45) is 1.82. The minimum Gasteiger partial charge on any atom is -0.497 e. The van der Waals surface area contributed by atoms with Crippen molar-refractivity contribution in [2.75, 3.05) is 39.7 Å². The molecule has 2 aromatic rings. The van der Waals surface area contributed by atoms with Gasteiger partial charge in [0.2, 0.25) is 0 Å². The lowest BCUT2D eigenvalue weighted by Crippen LogP contribution is -2.40. The van der Waals surface area contributed by atoms with E-state index in [0.29, 0.717) is 36.2 Å². The van der Waals surface area contributed by atoms with E-state index in [-0.39, 0.29) is 6.03 Å². The van der Waals surface area contributed by atoms with Gasteiger partial charge in [0.1, 0.15) is 17.2 Å². The first-order valence-corrected chi connectivity index (χ1v) is 9.06. The van der Waals surface area contributed by atoms with Crippen LogP contribution in [0.3, 0.4) is 0 Å². The normalized spacial score (nSPS) is 14.6. The molecule has 6 heteroatoms. The number of nitrogens with one attached hydrogen (secondary N) is 1. The van der Waals surface area contributed by atoms with Crippen LogP contribution < -0.4 is 19.5 Å². The van der Waals surface area contributed by atoms with E-state index in [0.717, 1.165) is 18.6 Å². The number of carbonyl (C=O) groups is 1. The molecule has 6 nitrogen and oxygen atoms in total. The standard InChI is InChI=1S/C21H26N2O4/c1-25-17-12-16(13-18(14-17)26-2)22-21(24)23-10-8-15(9-11-23)19-6-4-5-7-20(19)27-3/h4-7,12-15H,8-11H2,1-3H3,(H,22,24). The van der Waals surface area contributed by atoms with E-state index < -0.39 is 0 Å². The van der Waals surface area contributed by atoms with Crippen molar-refractivity contribution in [3.63, 3.8) is 0 Å². The second kappa shape index (κ2) is 8.66. The van der Waals surface area contributed by atoms with Gasteiger partial charge in [0.15, 0.2) is 0 Å². The first-order chi connectivity index (χ1) is 13.1. The minimum absolute atomic E-state index is 0.108. The number of ether oxygens (including phenoxy) is 3. The molecule has 1 fully saturated rings. The molecule has 0 radical (unpaired) electrons. The van der Waals surface area contributed by atoms with Crippen molar-refractivity contribution in [3.8, 4) is 17.2 Å². The van der Waals surface area contributed by atoms with Gasteiger partial charge in [-0.05, 0) is 30.4 Å². The van der Waals surface area contributed by atoms with E-state index in [1.165, 1.54) is 5.56 Å². The van der Waals surface area contributed by atoms with Gasteiger partial charge < -0.3 is 24.4 Å². The molecule has 0 bridgehead atoms. The van der Waals surface area contributed by atoms with Gasteiger partial charge in [-0.25, -0.2) is 4.79 Å². The van der Waals surface area contributed by atoms with Gasteiger partial charge in [-0.3, -0.25) is 0 Å². The van der Waals surface area contributed by atoms with E-state index in [1.807, 2.05) is 23.1 Å². The van der Waals surface area contributed by atoms with E-state index in [2.05, 4.69) is 11.4 Å². The van der Waals surface area contributed by atoms with Crippen molar-refractivity contribution < 1.29 is 19.0 Å². The molecule has 1 aliphatic heterocycles. The second-order valence-electron chi connectivity index (χ2n) is 6.53. The number of likely N-dealkylation sites (tertiary alicyclic amines) is 1. The Morgan fingerprint density at radius 2 is 1.59 bits per heavy atom. The van der Waals surface area contributed by atoms with Crippen LogP contribution in [0, 0.1) is 0 Å². The van der Waals surface area contributed by atoms with E-state index >= 15 is 0 Å². The van der Waals surface area contributed by atoms with Crippen LogP contribution in [0.2, 0.25) is 0 Å². The van der Waals surface area contributed by atoms with Gasteiger partial charge in [-0.1, -0.05) is 18.2 Å². The quantitative estimate of drug-likeness (QED) is 0.860. The number of urea groups is 1. The molecule has 27 heavy (non-hydrogen) atoms. The summed E-state index contributed by atoms with van der Waals surface area (Å²) in [6.45, 7) is 1.41. The largest absolute Gasteiger partial charge is 0.497 e. The molecule has 0 spiro atoms. The summed E-state index contributed by atoms with van der Waals surface area (Å²) in [5.41, 5.74) is 1.88. The molecule has 144 valence electrons. The number of rotatable bonds is 5. The van der Waals surface area contributed by atoms with Gasteiger partial charge in [0.25, 0.3) is 0 Å². The molecular weight excluding hydrogens is 344 g/mol. The van der Waals surface area contributed by atoms with Crippen molar-refractivity contribution in [2.24, 2.45) is 0 Å². The Morgan fingerprint density at radius 1 is 0.963 bits per heavy atom. The maximum Gasteiger partial charge on any atom is 0.321 e. The molecule has 0 saturated carbocycles. The molecular formula is C21H26N2O4. The first kappa shape index (κ1) is 18.9. The van der Waals surface area contributed by atoms with Crippen LogP contribution >= 0.6 is 0 Å². The number of hydrogen-bond acceptors (Lipinski definition) is 4. The monoisotopic (exact) mass is 370 g/mol. The Balaban J connectivity index is 1.62. The molecule has 0 atom stereocenters. The number of amides is 2. The van der Waals surface area contributed by atoms with Crippen molar-refractivity contribution >= 4 is 11.7 Å².